The van der Waals surface area contributed by atoms with Crippen molar-refractivity contribution in [2.75, 3.05) is 6.61 Å². The molecule has 0 radical (unpaired) electrons. The highest BCUT2D eigenvalue weighted by molar-refractivity contribution is 5.87. The minimum atomic E-state index is -0.976. The topological polar surface area (TPSA) is 102 Å². The molecule has 6 nitrogen and oxygen atoms in total. The summed E-state index contributed by atoms with van der Waals surface area (Å²) in [6, 6.07) is -0.834. The maximum atomic E-state index is 11.4. The summed E-state index contributed by atoms with van der Waals surface area (Å²) in [5, 5.41) is 12.0. The second-order valence-electron chi connectivity index (χ2n) is 6.55. The third-order valence-electron chi connectivity index (χ3n) is 4.34. The summed E-state index contributed by atoms with van der Waals surface area (Å²) in [5.41, 5.74) is 6.30. The summed E-state index contributed by atoms with van der Waals surface area (Å²) in [6.45, 7) is 4.17. The predicted molar refractivity (Wildman–Crippen MR) is 93.6 cm³/mol. The Morgan fingerprint density at radius 3 is 2.46 bits per heavy atom. The van der Waals surface area contributed by atoms with E-state index in [1.54, 1.807) is 6.08 Å². The van der Waals surface area contributed by atoms with Crippen molar-refractivity contribution >= 4 is 11.9 Å². The third kappa shape index (κ3) is 7.45. The van der Waals surface area contributed by atoms with Crippen molar-refractivity contribution in [2.45, 2.75) is 83.4 Å². The van der Waals surface area contributed by atoms with Gasteiger partial charge in [0.2, 0.25) is 5.91 Å². The van der Waals surface area contributed by atoms with Gasteiger partial charge in [0.1, 0.15) is 0 Å². The number of carboxylic acid groups (broad SMARTS) is 1. The molecule has 1 aliphatic carbocycles. The van der Waals surface area contributed by atoms with Crippen LogP contribution < -0.4 is 11.1 Å². The Hall–Kier alpha value is -1.40. The first kappa shape index (κ1) is 20.6. The quantitative estimate of drug-likeness (QED) is 0.501. The minimum absolute atomic E-state index is 0.188. The Bertz CT molecular complexity index is 437. The Kier molecular flexibility index (Phi) is 9.64. The first-order valence-corrected chi connectivity index (χ1v) is 9.04. The number of carbonyl (C=O) groups excluding carboxylic acids is 1. The molecular formula is C18H32N2O4. The van der Waals surface area contributed by atoms with Crippen LogP contribution in [0.3, 0.4) is 0 Å². The maximum absolute atomic E-state index is 11.4. The van der Waals surface area contributed by atoms with Gasteiger partial charge in [0.15, 0.2) is 0 Å². The van der Waals surface area contributed by atoms with Crippen LogP contribution in [0.15, 0.2) is 11.6 Å². The van der Waals surface area contributed by atoms with Crippen molar-refractivity contribution in [3.05, 3.63) is 11.6 Å². The smallest absolute Gasteiger partial charge is 0.331 e. The number of unbranched alkanes of at least 4 members (excludes halogenated alkanes) is 6. The molecule has 0 bridgehead atoms. The monoisotopic (exact) mass is 340 g/mol. The zero-order valence-corrected chi connectivity index (χ0v) is 14.9. The zero-order chi connectivity index (χ0) is 17.9. The number of nitrogens with one attached hydrogen (secondary N) is 1. The molecule has 1 amide bonds. The van der Waals surface area contributed by atoms with Crippen LogP contribution in [0.1, 0.15) is 65.2 Å². The van der Waals surface area contributed by atoms with Crippen LogP contribution in [0, 0.1) is 0 Å². The summed E-state index contributed by atoms with van der Waals surface area (Å²) in [6.07, 6.45) is 9.63. The first-order chi connectivity index (χ1) is 11.5. The highest BCUT2D eigenvalue weighted by Gasteiger charge is 2.34. The largest absolute Gasteiger partial charge is 0.478 e. The molecule has 6 heteroatoms. The summed E-state index contributed by atoms with van der Waals surface area (Å²) in [4.78, 5) is 22.6. The molecule has 0 saturated heterocycles. The van der Waals surface area contributed by atoms with Crippen LogP contribution >= 0.6 is 0 Å². The van der Waals surface area contributed by atoms with Crippen LogP contribution in [0.25, 0.3) is 0 Å². The van der Waals surface area contributed by atoms with E-state index in [-0.39, 0.29) is 23.9 Å². The number of aliphatic carboxylic acids is 1. The molecular weight excluding hydrogens is 308 g/mol. The Morgan fingerprint density at radius 1 is 1.25 bits per heavy atom. The van der Waals surface area contributed by atoms with E-state index in [1.807, 2.05) is 0 Å². The number of nitrogens with two attached hydrogens (primary N) is 1. The van der Waals surface area contributed by atoms with Gasteiger partial charge < -0.3 is 20.9 Å². The average molecular weight is 340 g/mol. The fraction of sp³-hybridized carbons (Fsp3) is 0.778. The van der Waals surface area contributed by atoms with Crippen LogP contribution in [-0.2, 0) is 14.3 Å². The van der Waals surface area contributed by atoms with Crippen LogP contribution in [0.4, 0.5) is 0 Å². The van der Waals surface area contributed by atoms with Gasteiger partial charge in [-0.05, 0) is 18.9 Å². The average Bonchev–Trinajstić information content (AvgIpc) is 2.52. The van der Waals surface area contributed by atoms with Gasteiger partial charge >= 0.3 is 5.97 Å². The molecule has 0 saturated carbocycles. The lowest BCUT2D eigenvalue weighted by Crippen LogP contribution is -2.56. The van der Waals surface area contributed by atoms with Gasteiger partial charge in [-0.15, -0.1) is 0 Å². The van der Waals surface area contributed by atoms with E-state index in [1.165, 1.54) is 39.0 Å². The molecule has 0 heterocycles. The number of hydrogen-bond donors (Lipinski definition) is 3. The van der Waals surface area contributed by atoms with Gasteiger partial charge in [-0.3, -0.25) is 4.79 Å². The van der Waals surface area contributed by atoms with Crippen LogP contribution in [0.5, 0.6) is 0 Å². The van der Waals surface area contributed by atoms with Crippen molar-refractivity contribution < 1.29 is 19.4 Å². The number of amides is 1. The predicted octanol–water partition coefficient (Wildman–Crippen LogP) is 2.37. The Labute approximate surface area is 144 Å². The Morgan fingerprint density at radius 2 is 1.88 bits per heavy atom. The number of carboxylic acids is 1. The van der Waals surface area contributed by atoms with E-state index in [0.29, 0.717) is 6.61 Å². The van der Waals surface area contributed by atoms with Crippen molar-refractivity contribution in [1.29, 1.82) is 0 Å². The van der Waals surface area contributed by atoms with Crippen molar-refractivity contribution in [3.63, 3.8) is 0 Å². The summed E-state index contributed by atoms with van der Waals surface area (Å²) in [5.74, 6) is -1.16. The second kappa shape index (κ2) is 11.2. The summed E-state index contributed by atoms with van der Waals surface area (Å²) < 4.78 is 5.84. The maximum Gasteiger partial charge on any atom is 0.331 e. The molecule has 3 atom stereocenters. The fourth-order valence-electron chi connectivity index (χ4n) is 3.01. The third-order valence-corrected chi connectivity index (χ3v) is 4.34. The molecule has 4 N–H and O–H groups in total. The highest BCUT2D eigenvalue weighted by atomic mass is 16.5. The van der Waals surface area contributed by atoms with Gasteiger partial charge in [0, 0.05) is 25.1 Å². The normalized spacial score (nSPS) is 23.6. The van der Waals surface area contributed by atoms with Gasteiger partial charge in [-0.2, -0.15) is 0 Å². The van der Waals surface area contributed by atoms with E-state index in [2.05, 4.69) is 12.2 Å². The van der Waals surface area contributed by atoms with E-state index in [4.69, 9.17) is 10.5 Å². The lowest BCUT2D eigenvalue weighted by molar-refractivity contribution is -0.133. The SMILES string of the molecule is CCCCCCCCCOC1C=C(C(=O)O)CC(N)C1NC(C)=O. The number of rotatable bonds is 11. The standard InChI is InChI=1S/C18H32N2O4/c1-3-4-5-6-7-8-9-10-24-16-12-14(18(22)23)11-15(19)17(16)20-13(2)21/h12,15-17H,3-11,19H2,1-2H3,(H,20,21)(H,22,23). The number of hydrogen-bond acceptors (Lipinski definition) is 4. The lowest BCUT2D eigenvalue weighted by atomic mass is 9.88. The van der Waals surface area contributed by atoms with Crippen molar-refractivity contribution in [1.82, 2.24) is 5.32 Å². The molecule has 1 aliphatic rings. The van der Waals surface area contributed by atoms with E-state index < -0.39 is 18.1 Å². The van der Waals surface area contributed by atoms with E-state index in [9.17, 15) is 14.7 Å². The Balaban J connectivity index is 2.45. The van der Waals surface area contributed by atoms with Crippen LogP contribution in [0.2, 0.25) is 0 Å². The van der Waals surface area contributed by atoms with Crippen molar-refractivity contribution in [2.24, 2.45) is 5.73 Å². The molecule has 0 aromatic rings. The zero-order valence-electron chi connectivity index (χ0n) is 14.9. The molecule has 24 heavy (non-hydrogen) atoms. The molecule has 0 aliphatic heterocycles. The molecule has 1 rings (SSSR count). The fourth-order valence-corrected chi connectivity index (χ4v) is 3.01. The van der Waals surface area contributed by atoms with E-state index in [0.717, 1.165) is 12.8 Å². The van der Waals surface area contributed by atoms with Gasteiger partial charge in [-0.25, -0.2) is 4.79 Å². The van der Waals surface area contributed by atoms with Crippen LogP contribution in [-0.4, -0.2) is 41.8 Å². The summed E-state index contributed by atoms with van der Waals surface area (Å²) in [7, 11) is 0. The minimum Gasteiger partial charge on any atom is -0.478 e. The lowest BCUT2D eigenvalue weighted by Gasteiger charge is -2.34. The molecule has 3 unspecified atom stereocenters. The number of carbonyl (C=O) groups is 2. The summed E-state index contributed by atoms with van der Waals surface area (Å²) >= 11 is 0. The van der Waals surface area contributed by atoms with Gasteiger partial charge in [0.05, 0.1) is 12.1 Å². The molecule has 138 valence electrons. The molecule has 0 fully saturated rings. The highest BCUT2D eigenvalue weighted by Crippen LogP contribution is 2.21. The number of ether oxygens (including phenoxy) is 1. The van der Waals surface area contributed by atoms with Gasteiger partial charge in [-0.1, -0.05) is 45.4 Å². The first-order valence-electron chi connectivity index (χ1n) is 9.04. The van der Waals surface area contributed by atoms with Gasteiger partial charge in [0.25, 0.3) is 0 Å². The molecule has 0 aromatic heterocycles. The molecule has 0 aromatic carbocycles. The second-order valence-corrected chi connectivity index (χ2v) is 6.55. The molecule has 0 spiro atoms. The van der Waals surface area contributed by atoms with Crippen molar-refractivity contribution in [3.8, 4) is 0 Å². The van der Waals surface area contributed by atoms with E-state index >= 15 is 0 Å².